The van der Waals surface area contributed by atoms with Gasteiger partial charge in [0.05, 0.1) is 11.8 Å². The van der Waals surface area contributed by atoms with Crippen molar-refractivity contribution >= 4 is 17.5 Å². The van der Waals surface area contributed by atoms with E-state index in [0.29, 0.717) is 5.56 Å². The number of amides is 1. The Labute approximate surface area is 105 Å². The van der Waals surface area contributed by atoms with Crippen LogP contribution < -0.4 is 0 Å². The Morgan fingerprint density at radius 1 is 1.65 bits per heavy atom. The quantitative estimate of drug-likeness (QED) is 0.901. The summed E-state index contributed by atoms with van der Waals surface area (Å²) >= 11 is 5.81. The molecule has 1 saturated heterocycles. The van der Waals surface area contributed by atoms with E-state index >= 15 is 0 Å². The third-order valence-corrected chi connectivity index (χ3v) is 3.47. The second-order valence-corrected chi connectivity index (χ2v) is 4.61. The zero-order valence-electron chi connectivity index (χ0n) is 9.56. The predicted octanol–water partition coefficient (Wildman–Crippen LogP) is 2.31. The minimum Gasteiger partial charge on any atom is -0.452 e. The van der Waals surface area contributed by atoms with E-state index < -0.39 is 0 Å². The van der Waals surface area contributed by atoms with Crippen LogP contribution in [-0.2, 0) is 0 Å². The molecule has 0 radical (unpaired) electrons. The molecule has 1 aliphatic heterocycles. The van der Waals surface area contributed by atoms with Crippen molar-refractivity contribution in [2.75, 3.05) is 13.2 Å². The van der Waals surface area contributed by atoms with E-state index in [1.165, 1.54) is 6.26 Å². The summed E-state index contributed by atoms with van der Waals surface area (Å²) in [6.07, 6.45) is 5.01. The predicted molar refractivity (Wildman–Crippen MR) is 64.1 cm³/mol. The first-order valence-corrected chi connectivity index (χ1v) is 6.26. The molecule has 0 saturated carbocycles. The minimum absolute atomic E-state index is 0.0656. The van der Waals surface area contributed by atoms with Gasteiger partial charge in [-0.15, -0.1) is 0 Å². The summed E-state index contributed by atoms with van der Waals surface area (Å²) in [5.74, 6) is -0.0656. The van der Waals surface area contributed by atoms with Crippen LogP contribution in [0, 0.1) is 0 Å². The van der Waals surface area contributed by atoms with Crippen molar-refractivity contribution in [3.8, 4) is 0 Å². The van der Waals surface area contributed by atoms with Crippen LogP contribution in [0.1, 0.15) is 36.0 Å². The van der Waals surface area contributed by atoms with E-state index in [2.05, 4.69) is 0 Å². The van der Waals surface area contributed by atoms with Gasteiger partial charge in [0, 0.05) is 19.2 Å². The van der Waals surface area contributed by atoms with Crippen molar-refractivity contribution in [2.45, 2.75) is 31.7 Å². The number of aliphatic hydroxyl groups excluding tert-OH is 1. The summed E-state index contributed by atoms with van der Waals surface area (Å²) in [6, 6.07) is 1.83. The molecule has 5 heteroatoms. The van der Waals surface area contributed by atoms with Gasteiger partial charge in [-0.1, -0.05) is 0 Å². The van der Waals surface area contributed by atoms with Crippen molar-refractivity contribution in [2.24, 2.45) is 0 Å². The lowest BCUT2D eigenvalue weighted by Gasteiger charge is -2.24. The Balaban J connectivity index is 2.06. The van der Waals surface area contributed by atoms with Crippen LogP contribution in [0.25, 0.3) is 0 Å². The van der Waals surface area contributed by atoms with Crippen molar-refractivity contribution in [1.82, 2.24) is 4.90 Å². The number of halogens is 1. The van der Waals surface area contributed by atoms with Gasteiger partial charge in [-0.2, -0.15) is 0 Å². The molecule has 0 aromatic carbocycles. The highest BCUT2D eigenvalue weighted by Gasteiger charge is 2.30. The molecule has 1 aromatic heterocycles. The van der Waals surface area contributed by atoms with Crippen molar-refractivity contribution in [3.63, 3.8) is 0 Å². The lowest BCUT2D eigenvalue weighted by Crippen LogP contribution is -2.35. The molecule has 1 fully saturated rings. The maximum atomic E-state index is 12.2. The van der Waals surface area contributed by atoms with Crippen LogP contribution in [0.4, 0.5) is 0 Å². The van der Waals surface area contributed by atoms with E-state index in [-0.39, 0.29) is 23.8 Å². The Morgan fingerprint density at radius 2 is 2.47 bits per heavy atom. The van der Waals surface area contributed by atoms with Gasteiger partial charge in [-0.05, 0) is 43.4 Å². The summed E-state index contributed by atoms with van der Waals surface area (Å²) in [6.45, 7) is 0.932. The fourth-order valence-electron chi connectivity index (χ4n) is 2.33. The topological polar surface area (TPSA) is 53.7 Å². The lowest BCUT2D eigenvalue weighted by molar-refractivity contribution is 0.0724. The number of furan rings is 1. The Hall–Kier alpha value is -1.00. The van der Waals surface area contributed by atoms with Gasteiger partial charge in [-0.3, -0.25) is 4.79 Å². The average molecular weight is 258 g/mol. The highest BCUT2D eigenvalue weighted by molar-refractivity contribution is 6.32. The van der Waals surface area contributed by atoms with Gasteiger partial charge < -0.3 is 14.4 Å². The number of carbonyl (C=O) groups excluding carboxylic acids is 1. The molecule has 1 unspecified atom stereocenters. The number of nitrogens with zero attached hydrogens (tertiary/aromatic N) is 1. The van der Waals surface area contributed by atoms with Crippen molar-refractivity contribution in [3.05, 3.63) is 23.1 Å². The molecule has 1 atom stereocenters. The van der Waals surface area contributed by atoms with Crippen molar-refractivity contribution < 1.29 is 14.3 Å². The molecule has 1 amide bonds. The van der Waals surface area contributed by atoms with Crippen LogP contribution >= 0.6 is 11.6 Å². The molecule has 0 spiro atoms. The Kier molecular flexibility index (Phi) is 4.07. The highest BCUT2D eigenvalue weighted by atomic mass is 35.5. The van der Waals surface area contributed by atoms with Gasteiger partial charge in [0.25, 0.3) is 5.91 Å². The zero-order chi connectivity index (χ0) is 12.3. The number of aliphatic hydroxyl groups is 1. The molecular weight excluding hydrogens is 242 g/mol. The summed E-state index contributed by atoms with van der Waals surface area (Å²) in [4.78, 5) is 14.1. The smallest absolute Gasteiger partial charge is 0.258 e. The second kappa shape index (κ2) is 5.56. The summed E-state index contributed by atoms with van der Waals surface area (Å²) in [5, 5.41) is 9.00. The zero-order valence-corrected chi connectivity index (χ0v) is 10.3. The standard InChI is InChI=1S/C12H16ClNO3/c13-11-10(5-8-17-11)12(16)14-6-1-3-9(14)4-2-7-15/h5,8-9,15H,1-4,6-7H2. The average Bonchev–Trinajstić information content (AvgIpc) is 2.94. The van der Waals surface area contributed by atoms with Gasteiger partial charge in [0.1, 0.15) is 0 Å². The van der Waals surface area contributed by atoms with E-state index in [1.807, 2.05) is 4.90 Å². The molecule has 2 rings (SSSR count). The third-order valence-electron chi connectivity index (χ3n) is 3.18. The first-order chi connectivity index (χ1) is 8.24. The maximum Gasteiger partial charge on any atom is 0.258 e. The highest BCUT2D eigenvalue weighted by Crippen LogP contribution is 2.26. The summed E-state index contributed by atoms with van der Waals surface area (Å²) in [7, 11) is 0. The SMILES string of the molecule is O=C(c1ccoc1Cl)N1CCCC1CCCO. The maximum absolute atomic E-state index is 12.2. The lowest BCUT2D eigenvalue weighted by atomic mass is 10.1. The van der Waals surface area contributed by atoms with Gasteiger partial charge >= 0.3 is 0 Å². The monoisotopic (exact) mass is 257 g/mol. The van der Waals surface area contributed by atoms with Gasteiger partial charge in [0.2, 0.25) is 5.22 Å². The molecular formula is C12H16ClNO3. The van der Waals surface area contributed by atoms with Crippen LogP contribution in [0.3, 0.4) is 0 Å². The molecule has 0 aliphatic carbocycles. The van der Waals surface area contributed by atoms with E-state index in [9.17, 15) is 4.79 Å². The Morgan fingerprint density at radius 3 is 3.12 bits per heavy atom. The van der Waals surface area contributed by atoms with Crippen molar-refractivity contribution in [1.29, 1.82) is 0 Å². The normalized spacial score (nSPS) is 19.9. The van der Waals surface area contributed by atoms with Gasteiger partial charge in [0.15, 0.2) is 0 Å². The van der Waals surface area contributed by atoms with Crippen LogP contribution in [0.5, 0.6) is 0 Å². The fourth-order valence-corrected chi connectivity index (χ4v) is 2.53. The fraction of sp³-hybridized carbons (Fsp3) is 0.583. The van der Waals surface area contributed by atoms with Gasteiger partial charge in [-0.25, -0.2) is 0 Å². The van der Waals surface area contributed by atoms with Crippen LogP contribution in [-0.4, -0.2) is 35.1 Å². The van der Waals surface area contributed by atoms with Crippen LogP contribution in [0.2, 0.25) is 5.22 Å². The number of hydrogen-bond acceptors (Lipinski definition) is 3. The second-order valence-electron chi connectivity index (χ2n) is 4.27. The number of carbonyl (C=O) groups is 1. The Bertz CT molecular complexity index is 391. The molecule has 17 heavy (non-hydrogen) atoms. The number of rotatable bonds is 4. The third kappa shape index (κ3) is 2.64. The molecule has 0 bridgehead atoms. The summed E-state index contributed by atoms with van der Waals surface area (Å²) < 4.78 is 4.94. The minimum atomic E-state index is -0.0656. The molecule has 1 aromatic rings. The van der Waals surface area contributed by atoms with Crippen LogP contribution in [0.15, 0.2) is 16.7 Å². The largest absolute Gasteiger partial charge is 0.452 e. The van der Waals surface area contributed by atoms with E-state index in [1.54, 1.807) is 6.07 Å². The molecule has 1 aliphatic rings. The molecule has 94 valence electrons. The first kappa shape index (κ1) is 12.5. The van der Waals surface area contributed by atoms with E-state index in [0.717, 1.165) is 32.2 Å². The molecule has 1 N–H and O–H groups in total. The molecule has 4 nitrogen and oxygen atoms in total. The number of likely N-dealkylation sites (tertiary alicyclic amines) is 1. The van der Waals surface area contributed by atoms with E-state index in [4.69, 9.17) is 21.1 Å². The molecule has 2 heterocycles. The number of hydrogen-bond donors (Lipinski definition) is 1. The summed E-state index contributed by atoms with van der Waals surface area (Å²) in [5.41, 5.74) is 0.433. The first-order valence-electron chi connectivity index (χ1n) is 5.89.